The van der Waals surface area contributed by atoms with Crippen molar-refractivity contribution in [1.82, 2.24) is 5.32 Å². The largest absolute Gasteiger partial charge is 0.310 e. The van der Waals surface area contributed by atoms with Gasteiger partial charge in [0.05, 0.1) is 12.5 Å². The van der Waals surface area contributed by atoms with E-state index in [1.807, 2.05) is 0 Å². The van der Waals surface area contributed by atoms with Crippen molar-refractivity contribution in [1.29, 1.82) is 5.26 Å². The Balaban J connectivity index is 2.46. The van der Waals surface area contributed by atoms with Gasteiger partial charge in [-0.1, -0.05) is 27.2 Å². The van der Waals surface area contributed by atoms with Gasteiger partial charge in [-0.15, -0.1) is 0 Å². The molecule has 0 amide bonds. The highest BCUT2D eigenvalue weighted by atomic mass is 15.0. The Kier molecular flexibility index (Phi) is 3.95. The Morgan fingerprint density at radius 3 is 2.71 bits per heavy atom. The monoisotopic (exact) mass is 194 g/mol. The average Bonchev–Trinajstić information content (AvgIpc) is 2.45. The molecular weight excluding hydrogens is 172 g/mol. The minimum absolute atomic E-state index is 0.391. The molecule has 0 heterocycles. The molecule has 0 bridgehead atoms. The summed E-state index contributed by atoms with van der Waals surface area (Å²) in [6, 6.07) is 3.26. The summed E-state index contributed by atoms with van der Waals surface area (Å²) in [5.41, 5.74) is 0.420. The molecule has 1 saturated carbocycles. The summed E-state index contributed by atoms with van der Waals surface area (Å²) in [6.07, 6.45) is 5.61. The molecule has 0 radical (unpaired) electrons. The van der Waals surface area contributed by atoms with Gasteiger partial charge in [-0.05, 0) is 24.7 Å². The maximum atomic E-state index is 8.68. The number of nitrogens with one attached hydrogen (secondary N) is 1. The van der Waals surface area contributed by atoms with Crippen molar-refractivity contribution in [3.05, 3.63) is 0 Å². The lowest BCUT2D eigenvalue weighted by molar-refractivity contribution is 0.259. The van der Waals surface area contributed by atoms with E-state index in [0.29, 0.717) is 23.9 Å². The molecule has 1 aliphatic rings. The second kappa shape index (κ2) is 4.79. The zero-order valence-electron chi connectivity index (χ0n) is 9.64. The molecule has 2 heteroatoms. The van der Waals surface area contributed by atoms with Gasteiger partial charge in [0.1, 0.15) is 0 Å². The first kappa shape index (κ1) is 11.5. The van der Waals surface area contributed by atoms with E-state index in [0.717, 1.165) is 6.42 Å². The zero-order valence-corrected chi connectivity index (χ0v) is 9.64. The van der Waals surface area contributed by atoms with E-state index in [1.54, 1.807) is 0 Å². The molecule has 2 unspecified atom stereocenters. The van der Waals surface area contributed by atoms with Crippen molar-refractivity contribution in [3.8, 4) is 6.07 Å². The minimum Gasteiger partial charge on any atom is -0.310 e. The molecule has 1 fully saturated rings. The van der Waals surface area contributed by atoms with Crippen LogP contribution in [0.1, 0.15) is 52.9 Å². The van der Waals surface area contributed by atoms with Crippen molar-refractivity contribution in [2.75, 3.05) is 0 Å². The smallest absolute Gasteiger partial charge is 0.0638 e. The summed E-state index contributed by atoms with van der Waals surface area (Å²) < 4.78 is 0. The Morgan fingerprint density at radius 1 is 1.57 bits per heavy atom. The Morgan fingerprint density at radius 2 is 2.29 bits per heavy atom. The van der Waals surface area contributed by atoms with Gasteiger partial charge < -0.3 is 5.32 Å². The molecule has 1 N–H and O–H groups in total. The molecule has 2 nitrogen and oxygen atoms in total. The molecule has 0 aromatic heterocycles. The van der Waals surface area contributed by atoms with Crippen molar-refractivity contribution in [2.24, 2.45) is 5.41 Å². The number of nitriles is 1. The van der Waals surface area contributed by atoms with E-state index in [4.69, 9.17) is 5.26 Å². The highest BCUT2D eigenvalue weighted by molar-refractivity contribution is 4.93. The molecule has 1 aliphatic carbocycles. The molecule has 80 valence electrons. The van der Waals surface area contributed by atoms with Crippen LogP contribution >= 0.6 is 0 Å². The van der Waals surface area contributed by atoms with Crippen LogP contribution in [0.5, 0.6) is 0 Å². The molecule has 0 saturated heterocycles. The van der Waals surface area contributed by atoms with Gasteiger partial charge in [-0.2, -0.15) is 5.26 Å². The van der Waals surface area contributed by atoms with Crippen molar-refractivity contribution < 1.29 is 0 Å². The Hall–Kier alpha value is -0.550. The predicted molar refractivity (Wildman–Crippen MR) is 58.9 cm³/mol. The molecule has 2 atom stereocenters. The van der Waals surface area contributed by atoms with Gasteiger partial charge in [0.15, 0.2) is 0 Å². The third kappa shape index (κ3) is 2.72. The predicted octanol–water partition coefficient (Wildman–Crippen LogP) is 2.85. The highest BCUT2D eigenvalue weighted by Gasteiger charge is 2.34. The van der Waals surface area contributed by atoms with Crippen LogP contribution in [0.3, 0.4) is 0 Å². The van der Waals surface area contributed by atoms with Crippen LogP contribution in [0.2, 0.25) is 0 Å². The van der Waals surface area contributed by atoms with E-state index >= 15 is 0 Å². The Labute approximate surface area is 87.7 Å². The fraction of sp³-hybridized carbons (Fsp3) is 0.917. The first-order valence-corrected chi connectivity index (χ1v) is 5.73. The summed E-state index contributed by atoms with van der Waals surface area (Å²) in [7, 11) is 0. The van der Waals surface area contributed by atoms with Gasteiger partial charge in [-0.25, -0.2) is 0 Å². The summed E-state index contributed by atoms with van der Waals surface area (Å²) in [5, 5.41) is 12.3. The lowest BCUT2D eigenvalue weighted by Gasteiger charge is -2.31. The topological polar surface area (TPSA) is 35.8 Å². The van der Waals surface area contributed by atoms with Gasteiger partial charge in [0, 0.05) is 12.1 Å². The van der Waals surface area contributed by atoms with E-state index < -0.39 is 0 Å². The normalized spacial score (nSPS) is 27.1. The van der Waals surface area contributed by atoms with Gasteiger partial charge in [0.2, 0.25) is 0 Å². The molecule has 0 aromatic rings. The van der Waals surface area contributed by atoms with E-state index in [9.17, 15) is 0 Å². The summed E-state index contributed by atoms with van der Waals surface area (Å²) >= 11 is 0. The van der Waals surface area contributed by atoms with Crippen LogP contribution in [-0.2, 0) is 0 Å². The minimum atomic E-state index is 0.391. The third-order valence-corrected chi connectivity index (χ3v) is 3.52. The molecule has 0 spiro atoms. The van der Waals surface area contributed by atoms with Crippen molar-refractivity contribution >= 4 is 0 Å². The average molecular weight is 194 g/mol. The van der Waals surface area contributed by atoms with E-state index in [2.05, 4.69) is 32.2 Å². The lowest BCUT2D eigenvalue weighted by Crippen LogP contribution is -2.43. The second-order valence-corrected chi connectivity index (χ2v) is 5.07. The van der Waals surface area contributed by atoms with Gasteiger partial charge in [-0.3, -0.25) is 0 Å². The first-order valence-electron chi connectivity index (χ1n) is 5.73. The van der Waals surface area contributed by atoms with Crippen molar-refractivity contribution in [3.63, 3.8) is 0 Å². The fourth-order valence-electron chi connectivity index (χ4n) is 2.35. The summed E-state index contributed by atoms with van der Waals surface area (Å²) in [6.45, 7) is 6.81. The van der Waals surface area contributed by atoms with Gasteiger partial charge >= 0.3 is 0 Å². The fourth-order valence-corrected chi connectivity index (χ4v) is 2.35. The zero-order chi connectivity index (χ0) is 10.6. The standard InChI is InChI=1S/C12H22N2/c1-4-10(7-9-13)14-11-6-5-8-12(11,2)3/h10-11,14H,4-8H2,1-3H3. The molecule has 14 heavy (non-hydrogen) atoms. The maximum absolute atomic E-state index is 8.68. The Bertz CT molecular complexity index is 215. The SMILES string of the molecule is CCC(CC#N)NC1CCCC1(C)C. The van der Waals surface area contributed by atoms with Gasteiger partial charge in [0.25, 0.3) is 0 Å². The lowest BCUT2D eigenvalue weighted by atomic mass is 9.86. The molecule has 0 aromatic carbocycles. The molecule has 0 aliphatic heterocycles. The third-order valence-electron chi connectivity index (χ3n) is 3.52. The summed E-state index contributed by atoms with van der Waals surface area (Å²) in [4.78, 5) is 0. The van der Waals surface area contributed by atoms with Crippen LogP contribution in [0.25, 0.3) is 0 Å². The number of rotatable bonds is 4. The van der Waals surface area contributed by atoms with Crippen LogP contribution < -0.4 is 5.32 Å². The second-order valence-electron chi connectivity index (χ2n) is 5.07. The van der Waals surface area contributed by atoms with Crippen LogP contribution in [0, 0.1) is 16.7 Å². The number of hydrogen-bond donors (Lipinski definition) is 1. The maximum Gasteiger partial charge on any atom is 0.0638 e. The van der Waals surface area contributed by atoms with Crippen LogP contribution in [0.4, 0.5) is 0 Å². The quantitative estimate of drug-likeness (QED) is 0.747. The van der Waals surface area contributed by atoms with E-state index in [-0.39, 0.29) is 0 Å². The van der Waals surface area contributed by atoms with Crippen LogP contribution in [-0.4, -0.2) is 12.1 Å². The molecule has 1 rings (SSSR count). The number of nitrogens with zero attached hydrogens (tertiary/aromatic N) is 1. The van der Waals surface area contributed by atoms with Crippen LogP contribution in [0.15, 0.2) is 0 Å². The first-order chi connectivity index (χ1) is 6.60. The summed E-state index contributed by atoms with van der Waals surface area (Å²) in [5.74, 6) is 0. The van der Waals surface area contributed by atoms with Crippen molar-refractivity contribution in [2.45, 2.75) is 65.0 Å². The molecular formula is C12H22N2. The van der Waals surface area contributed by atoms with E-state index in [1.165, 1.54) is 19.3 Å². The number of hydrogen-bond acceptors (Lipinski definition) is 2. The highest BCUT2D eigenvalue weighted by Crippen LogP contribution is 2.37.